The maximum absolute atomic E-state index is 13.4. The molecule has 3 nitrogen and oxygen atoms in total. The number of fused-ring (bicyclic) bond motifs is 1. The van der Waals surface area contributed by atoms with E-state index in [1.54, 1.807) is 6.92 Å². The first kappa shape index (κ1) is 13.8. The molecular weight excluding hydrogens is 255 g/mol. The fourth-order valence-corrected chi connectivity index (χ4v) is 3.52. The average molecular weight is 278 g/mol. The van der Waals surface area contributed by atoms with Crippen LogP contribution in [0.4, 0.5) is 10.1 Å². The van der Waals surface area contributed by atoms with Crippen molar-refractivity contribution in [3.8, 4) is 0 Å². The molecule has 2 aliphatic rings. The molecule has 0 aromatic heterocycles. The third-order valence-corrected chi connectivity index (χ3v) is 4.62. The number of rotatable bonds is 2. The summed E-state index contributed by atoms with van der Waals surface area (Å²) < 4.78 is 13.4. The minimum absolute atomic E-state index is 0.277. The molecule has 0 saturated carbocycles. The van der Waals surface area contributed by atoms with Crippen LogP contribution in [0.25, 0.3) is 0 Å². The summed E-state index contributed by atoms with van der Waals surface area (Å²) in [7, 11) is 0. The fourth-order valence-electron chi connectivity index (χ4n) is 3.52. The van der Waals surface area contributed by atoms with Gasteiger partial charge < -0.3 is 10.0 Å². The second-order valence-corrected chi connectivity index (χ2v) is 6.01. The molecule has 2 atom stereocenters. The van der Waals surface area contributed by atoms with E-state index >= 15 is 0 Å². The minimum atomic E-state index is -0.634. The summed E-state index contributed by atoms with van der Waals surface area (Å²) in [4.78, 5) is 4.89. The summed E-state index contributed by atoms with van der Waals surface area (Å²) >= 11 is 0. The number of aliphatic hydroxyl groups is 1. The van der Waals surface area contributed by atoms with E-state index in [2.05, 4.69) is 9.80 Å². The average Bonchev–Trinajstić information content (AvgIpc) is 2.46. The smallest absolute Gasteiger partial charge is 0.123 e. The molecular formula is C16H23FN2O. The molecule has 1 N–H and O–H groups in total. The molecule has 1 unspecified atom stereocenters. The SMILES string of the molecule is C[C@@H](O)c1cc(F)ccc1N1CCN2CCCCC2C1. The van der Waals surface area contributed by atoms with Crippen LogP contribution in [-0.4, -0.2) is 42.2 Å². The topological polar surface area (TPSA) is 26.7 Å². The molecule has 2 fully saturated rings. The summed E-state index contributed by atoms with van der Waals surface area (Å²) in [5.41, 5.74) is 1.70. The standard InChI is InChI=1S/C16H23FN2O/c1-12(20)15-10-13(17)5-6-16(15)19-9-8-18-7-3-2-4-14(18)11-19/h5-6,10,12,14,20H,2-4,7-9,11H2,1H3/t12-,14?/m1/s1. The van der Waals surface area contributed by atoms with Crippen molar-refractivity contribution in [2.24, 2.45) is 0 Å². The lowest BCUT2D eigenvalue weighted by atomic mass is 9.98. The lowest BCUT2D eigenvalue weighted by Crippen LogP contribution is -2.55. The quantitative estimate of drug-likeness (QED) is 0.900. The third-order valence-electron chi connectivity index (χ3n) is 4.62. The Kier molecular flexibility index (Phi) is 3.94. The summed E-state index contributed by atoms with van der Waals surface area (Å²) in [5.74, 6) is -0.277. The lowest BCUT2D eigenvalue weighted by Gasteiger charge is -2.45. The van der Waals surface area contributed by atoms with Crippen molar-refractivity contribution in [2.45, 2.75) is 38.3 Å². The van der Waals surface area contributed by atoms with Gasteiger partial charge in [-0.1, -0.05) is 6.42 Å². The second-order valence-electron chi connectivity index (χ2n) is 6.01. The fraction of sp³-hybridized carbons (Fsp3) is 0.625. The highest BCUT2D eigenvalue weighted by molar-refractivity contribution is 5.55. The summed E-state index contributed by atoms with van der Waals surface area (Å²) in [6.07, 6.45) is 3.24. The molecule has 110 valence electrons. The number of aliphatic hydroxyl groups excluding tert-OH is 1. The Bertz CT molecular complexity index is 478. The number of anilines is 1. The number of halogens is 1. The molecule has 0 spiro atoms. The molecule has 3 rings (SSSR count). The molecule has 4 heteroatoms. The molecule has 2 aliphatic heterocycles. The first-order chi connectivity index (χ1) is 9.65. The molecule has 2 heterocycles. The van der Waals surface area contributed by atoms with Crippen molar-refractivity contribution in [1.29, 1.82) is 0 Å². The zero-order chi connectivity index (χ0) is 14.1. The van der Waals surface area contributed by atoms with Crippen LogP contribution < -0.4 is 4.90 Å². The van der Waals surface area contributed by atoms with Crippen LogP contribution in [0, 0.1) is 5.82 Å². The van der Waals surface area contributed by atoms with Gasteiger partial charge in [-0.05, 0) is 44.5 Å². The molecule has 0 aliphatic carbocycles. The van der Waals surface area contributed by atoms with Gasteiger partial charge in [-0.3, -0.25) is 4.90 Å². The van der Waals surface area contributed by atoms with Crippen molar-refractivity contribution in [3.05, 3.63) is 29.6 Å². The Morgan fingerprint density at radius 2 is 2.10 bits per heavy atom. The molecule has 1 aromatic rings. The zero-order valence-corrected chi connectivity index (χ0v) is 12.1. The van der Waals surface area contributed by atoms with Crippen molar-refractivity contribution in [2.75, 3.05) is 31.1 Å². The van der Waals surface area contributed by atoms with Crippen LogP contribution in [0.5, 0.6) is 0 Å². The van der Waals surface area contributed by atoms with Crippen LogP contribution in [-0.2, 0) is 0 Å². The summed E-state index contributed by atoms with van der Waals surface area (Å²) in [6.45, 7) is 5.94. The highest BCUT2D eigenvalue weighted by Crippen LogP contribution is 2.30. The van der Waals surface area contributed by atoms with E-state index in [0.29, 0.717) is 11.6 Å². The normalized spacial score (nSPS) is 25.4. The van der Waals surface area contributed by atoms with Crippen LogP contribution in [0.15, 0.2) is 18.2 Å². The van der Waals surface area contributed by atoms with Crippen LogP contribution >= 0.6 is 0 Å². The maximum atomic E-state index is 13.4. The van der Waals surface area contributed by atoms with Gasteiger partial charge in [-0.15, -0.1) is 0 Å². The zero-order valence-electron chi connectivity index (χ0n) is 12.1. The summed E-state index contributed by atoms with van der Waals surface area (Å²) in [5, 5.41) is 9.89. The van der Waals surface area contributed by atoms with E-state index in [1.165, 1.54) is 37.9 Å². The number of hydrogen-bond acceptors (Lipinski definition) is 3. The Hall–Kier alpha value is -1.13. The van der Waals surface area contributed by atoms with E-state index in [9.17, 15) is 9.50 Å². The van der Waals surface area contributed by atoms with Crippen molar-refractivity contribution < 1.29 is 9.50 Å². The van der Waals surface area contributed by atoms with Crippen LogP contribution in [0.3, 0.4) is 0 Å². The molecule has 1 aromatic carbocycles. The molecule has 20 heavy (non-hydrogen) atoms. The Balaban J connectivity index is 1.82. The largest absolute Gasteiger partial charge is 0.389 e. The summed E-state index contributed by atoms with van der Waals surface area (Å²) in [6, 6.07) is 5.39. The maximum Gasteiger partial charge on any atom is 0.123 e. The molecule has 2 saturated heterocycles. The Morgan fingerprint density at radius 3 is 2.90 bits per heavy atom. The van der Waals surface area contributed by atoms with Gasteiger partial charge in [0.05, 0.1) is 6.10 Å². The number of hydrogen-bond donors (Lipinski definition) is 1. The highest BCUT2D eigenvalue weighted by Gasteiger charge is 2.30. The monoisotopic (exact) mass is 278 g/mol. The van der Waals surface area contributed by atoms with E-state index in [-0.39, 0.29) is 5.82 Å². The van der Waals surface area contributed by atoms with E-state index < -0.39 is 6.10 Å². The number of nitrogens with zero attached hydrogens (tertiary/aromatic N) is 2. The molecule has 0 radical (unpaired) electrons. The number of piperidine rings is 1. The minimum Gasteiger partial charge on any atom is -0.389 e. The molecule has 0 amide bonds. The van der Waals surface area contributed by atoms with Gasteiger partial charge in [0.1, 0.15) is 5.82 Å². The third kappa shape index (κ3) is 2.67. The lowest BCUT2D eigenvalue weighted by molar-refractivity contribution is 0.133. The van der Waals surface area contributed by atoms with Gasteiger partial charge in [-0.2, -0.15) is 0 Å². The van der Waals surface area contributed by atoms with Gasteiger partial charge in [0.2, 0.25) is 0 Å². The van der Waals surface area contributed by atoms with Crippen molar-refractivity contribution in [1.82, 2.24) is 4.90 Å². The van der Waals surface area contributed by atoms with Crippen LogP contribution in [0.1, 0.15) is 37.9 Å². The van der Waals surface area contributed by atoms with Gasteiger partial charge in [0.15, 0.2) is 0 Å². The predicted octanol–water partition coefficient (Wildman–Crippen LogP) is 2.55. The first-order valence-electron chi connectivity index (χ1n) is 7.61. The second kappa shape index (κ2) is 5.70. The van der Waals surface area contributed by atoms with Gasteiger partial charge in [-0.25, -0.2) is 4.39 Å². The number of piperazine rings is 1. The first-order valence-corrected chi connectivity index (χ1v) is 7.61. The van der Waals surface area contributed by atoms with Crippen molar-refractivity contribution >= 4 is 5.69 Å². The van der Waals surface area contributed by atoms with E-state index in [4.69, 9.17) is 0 Å². The van der Waals surface area contributed by atoms with Gasteiger partial charge in [0.25, 0.3) is 0 Å². The number of benzene rings is 1. The highest BCUT2D eigenvalue weighted by atomic mass is 19.1. The molecule has 0 bridgehead atoms. The van der Waals surface area contributed by atoms with Crippen molar-refractivity contribution in [3.63, 3.8) is 0 Å². The van der Waals surface area contributed by atoms with Gasteiger partial charge in [0, 0.05) is 36.9 Å². The predicted molar refractivity (Wildman–Crippen MR) is 78.5 cm³/mol. The Labute approximate surface area is 120 Å². The van der Waals surface area contributed by atoms with Gasteiger partial charge >= 0.3 is 0 Å². The Morgan fingerprint density at radius 1 is 1.25 bits per heavy atom. The van der Waals surface area contributed by atoms with E-state index in [1.807, 2.05) is 6.07 Å². The van der Waals surface area contributed by atoms with Crippen LogP contribution in [0.2, 0.25) is 0 Å². The van der Waals surface area contributed by atoms with E-state index in [0.717, 1.165) is 25.3 Å².